The number of hydrogen-bond acceptors (Lipinski definition) is 1. The molecule has 1 aliphatic rings. The first-order chi connectivity index (χ1) is 5.50. The monoisotopic (exact) mass is 161 g/mol. The Kier molecular flexibility index (Phi) is 2.35. The van der Waals surface area contributed by atoms with E-state index in [1.807, 2.05) is 25.3 Å². The van der Waals surface area contributed by atoms with Crippen LogP contribution < -0.4 is 0 Å². The average molecular weight is 161 g/mol. The van der Waals surface area contributed by atoms with Crippen LogP contribution >= 0.6 is 0 Å². The Balaban J connectivity index is 3.04. The molecule has 1 heteroatoms. The predicted molar refractivity (Wildman–Crippen MR) is 53.3 cm³/mol. The Morgan fingerprint density at radius 1 is 1.25 bits per heavy atom. The van der Waals surface area contributed by atoms with Crippen LogP contribution in [0.2, 0.25) is 0 Å². The lowest BCUT2D eigenvalue weighted by Crippen LogP contribution is -2.06. The molecular formula is C11H15N. The van der Waals surface area contributed by atoms with Crippen LogP contribution in [0.1, 0.15) is 27.7 Å². The summed E-state index contributed by atoms with van der Waals surface area (Å²) >= 11 is 0. The van der Waals surface area contributed by atoms with Gasteiger partial charge in [0, 0.05) is 18.0 Å². The molecule has 12 heavy (non-hydrogen) atoms. The molecule has 0 bridgehead atoms. The highest BCUT2D eigenvalue weighted by Crippen LogP contribution is 2.26. The van der Waals surface area contributed by atoms with Crippen molar-refractivity contribution >= 4 is 5.71 Å². The van der Waals surface area contributed by atoms with Gasteiger partial charge in [-0.15, -0.1) is 5.73 Å². The van der Waals surface area contributed by atoms with Gasteiger partial charge in [-0.3, -0.25) is 4.99 Å². The second-order valence-corrected chi connectivity index (χ2v) is 4.06. The zero-order valence-corrected chi connectivity index (χ0v) is 8.18. The highest BCUT2D eigenvalue weighted by atomic mass is 14.7. The SMILES string of the molecule is CC1=NC=C(C(C)(C)C)C=C=C1. The first-order valence-corrected chi connectivity index (χ1v) is 4.18. The fourth-order valence-electron chi connectivity index (χ4n) is 0.908. The van der Waals surface area contributed by atoms with Gasteiger partial charge in [-0.05, 0) is 24.0 Å². The first kappa shape index (κ1) is 9.02. The molecule has 0 unspecified atom stereocenters. The maximum atomic E-state index is 4.28. The summed E-state index contributed by atoms with van der Waals surface area (Å²) in [7, 11) is 0. The maximum Gasteiger partial charge on any atom is 0.0449 e. The highest BCUT2D eigenvalue weighted by molar-refractivity contribution is 5.93. The molecule has 0 saturated heterocycles. The van der Waals surface area contributed by atoms with Crippen LogP contribution in [-0.2, 0) is 0 Å². The number of hydrogen-bond donors (Lipinski definition) is 0. The molecule has 0 aromatic carbocycles. The molecule has 1 aliphatic heterocycles. The smallest absolute Gasteiger partial charge is 0.0449 e. The fraction of sp³-hybridized carbons (Fsp3) is 0.455. The maximum absolute atomic E-state index is 4.28. The molecule has 0 fully saturated rings. The van der Waals surface area contributed by atoms with Gasteiger partial charge in [0.15, 0.2) is 0 Å². The van der Waals surface area contributed by atoms with Crippen molar-refractivity contribution < 1.29 is 0 Å². The van der Waals surface area contributed by atoms with Crippen LogP contribution in [0.25, 0.3) is 0 Å². The van der Waals surface area contributed by atoms with Crippen molar-refractivity contribution in [3.8, 4) is 0 Å². The third kappa shape index (κ3) is 2.21. The molecule has 0 radical (unpaired) electrons. The van der Waals surface area contributed by atoms with Crippen LogP contribution in [0.15, 0.2) is 34.6 Å². The van der Waals surface area contributed by atoms with Crippen LogP contribution in [-0.4, -0.2) is 5.71 Å². The molecule has 0 spiro atoms. The summed E-state index contributed by atoms with van der Waals surface area (Å²) in [6, 6.07) is 0. The van der Waals surface area contributed by atoms with Gasteiger partial charge in [-0.2, -0.15) is 0 Å². The molecule has 1 heterocycles. The summed E-state index contributed by atoms with van der Waals surface area (Å²) in [6.45, 7) is 8.50. The van der Waals surface area contributed by atoms with Crippen LogP contribution in [0, 0.1) is 5.41 Å². The molecule has 0 aromatic rings. The standard InChI is InChI=1S/C11H15N/c1-9-6-5-7-10(8-12-9)11(2,3)4/h6-8H,1-4H3. The average Bonchev–Trinajstić information content (AvgIpc) is 2.11. The second kappa shape index (κ2) is 3.12. The van der Waals surface area contributed by atoms with Crippen molar-refractivity contribution in [1.82, 2.24) is 0 Å². The normalized spacial score (nSPS) is 17.0. The van der Waals surface area contributed by atoms with E-state index >= 15 is 0 Å². The molecule has 0 atom stereocenters. The van der Waals surface area contributed by atoms with E-state index in [2.05, 4.69) is 31.5 Å². The minimum absolute atomic E-state index is 0.162. The first-order valence-electron chi connectivity index (χ1n) is 4.18. The quantitative estimate of drug-likeness (QED) is 0.484. The van der Waals surface area contributed by atoms with E-state index in [0.717, 1.165) is 5.71 Å². The summed E-state index contributed by atoms with van der Waals surface area (Å²) in [5, 5.41) is 0. The summed E-state index contributed by atoms with van der Waals surface area (Å²) in [5.41, 5.74) is 5.49. The van der Waals surface area contributed by atoms with Gasteiger partial charge in [0.25, 0.3) is 0 Å². The van der Waals surface area contributed by atoms with E-state index in [1.165, 1.54) is 5.57 Å². The van der Waals surface area contributed by atoms with Crippen molar-refractivity contribution in [2.75, 3.05) is 0 Å². The topological polar surface area (TPSA) is 12.4 Å². The van der Waals surface area contributed by atoms with Crippen LogP contribution in [0.4, 0.5) is 0 Å². The lowest BCUT2D eigenvalue weighted by atomic mass is 9.87. The van der Waals surface area contributed by atoms with E-state index in [9.17, 15) is 0 Å². The van der Waals surface area contributed by atoms with Crippen molar-refractivity contribution in [3.05, 3.63) is 29.7 Å². The molecule has 1 nitrogen and oxygen atoms in total. The molecule has 0 N–H and O–H groups in total. The van der Waals surface area contributed by atoms with Gasteiger partial charge in [0.2, 0.25) is 0 Å². The summed E-state index contributed by atoms with van der Waals surface area (Å²) < 4.78 is 0. The fourth-order valence-corrected chi connectivity index (χ4v) is 0.908. The lowest BCUT2D eigenvalue weighted by molar-refractivity contribution is 0.516. The van der Waals surface area contributed by atoms with Crippen molar-refractivity contribution in [1.29, 1.82) is 0 Å². The Morgan fingerprint density at radius 2 is 1.92 bits per heavy atom. The number of allylic oxidation sites excluding steroid dienone is 2. The van der Waals surface area contributed by atoms with Crippen molar-refractivity contribution in [2.24, 2.45) is 10.4 Å². The van der Waals surface area contributed by atoms with E-state index < -0.39 is 0 Å². The van der Waals surface area contributed by atoms with Crippen molar-refractivity contribution in [3.63, 3.8) is 0 Å². The minimum Gasteiger partial charge on any atom is -0.261 e. The van der Waals surface area contributed by atoms with E-state index in [4.69, 9.17) is 0 Å². The second-order valence-electron chi connectivity index (χ2n) is 4.06. The Labute approximate surface area is 74.2 Å². The Bertz CT molecular complexity index is 291. The van der Waals surface area contributed by atoms with Gasteiger partial charge in [-0.25, -0.2) is 0 Å². The molecular weight excluding hydrogens is 146 g/mol. The largest absolute Gasteiger partial charge is 0.261 e. The summed E-state index contributed by atoms with van der Waals surface area (Å²) in [6.07, 6.45) is 5.82. The third-order valence-electron chi connectivity index (χ3n) is 1.80. The zero-order valence-electron chi connectivity index (χ0n) is 8.18. The van der Waals surface area contributed by atoms with Gasteiger partial charge in [-0.1, -0.05) is 20.8 Å². The van der Waals surface area contributed by atoms with Gasteiger partial charge < -0.3 is 0 Å². The molecule has 64 valence electrons. The highest BCUT2D eigenvalue weighted by Gasteiger charge is 2.14. The van der Waals surface area contributed by atoms with Crippen LogP contribution in [0.5, 0.6) is 0 Å². The van der Waals surface area contributed by atoms with Crippen molar-refractivity contribution in [2.45, 2.75) is 27.7 Å². The minimum atomic E-state index is 0.162. The van der Waals surface area contributed by atoms with Gasteiger partial charge in [0.05, 0.1) is 0 Å². The number of rotatable bonds is 0. The van der Waals surface area contributed by atoms with Gasteiger partial charge >= 0.3 is 0 Å². The Hall–Kier alpha value is -1.07. The zero-order chi connectivity index (χ0) is 9.19. The van der Waals surface area contributed by atoms with E-state index in [0.29, 0.717) is 0 Å². The van der Waals surface area contributed by atoms with Crippen LogP contribution in [0.3, 0.4) is 0 Å². The molecule has 0 amide bonds. The van der Waals surface area contributed by atoms with E-state index in [1.54, 1.807) is 0 Å². The van der Waals surface area contributed by atoms with Gasteiger partial charge in [0.1, 0.15) is 0 Å². The lowest BCUT2D eigenvalue weighted by Gasteiger charge is -2.18. The molecule has 0 aromatic heterocycles. The third-order valence-corrected chi connectivity index (χ3v) is 1.80. The number of nitrogens with zero attached hydrogens (tertiary/aromatic N) is 1. The Morgan fingerprint density at radius 3 is 2.50 bits per heavy atom. The van der Waals surface area contributed by atoms with E-state index in [-0.39, 0.29) is 5.41 Å². The summed E-state index contributed by atoms with van der Waals surface area (Å²) in [4.78, 5) is 4.28. The summed E-state index contributed by atoms with van der Waals surface area (Å²) in [5.74, 6) is 0. The molecule has 0 aliphatic carbocycles. The molecule has 1 rings (SSSR count). The number of aliphatic imine (C=N–C) groups is 1. The molecule has 0 saturated carbocycles. The predicted octanol–water partition coefficient (Wildman–Crippen LogP) is 3.10.